The fraction of sp³-hybridized carbons (Fsp3) is 0.500. The second kappa shape index (κ2) is 4.42. The minimum absolute atomic E-state index is 0.0622. The highest BCUT2D eigenvalue weighted by molar-refractivity contribution is 6.62. The summed E-state index contributed by atoms with van der Waals surface area (Å²) in [6, 6.07) is 4.69. The third kappa shape index (κ3) is 2.32. The molecule has 102 valence electrons. The molecule has 1 aromatic carbocycles. The second-order valence-corrected chi connectivity index (χ2v) is 5.85. The molecule has 0 aliphatic carbocycles. The predicted octanol–water partition coefficient (Wildman–Crippen LogP) is 2.33. The van der Waals surface area contributed by atoms with Crippen molar-refractivity contribution >= 4 is 18.4 Å². The Morgan fingerprint density at radius 2 is 1.68 bits per heavy atom. The van der Waals surface area contributed by atoms with E-state index in [1.54, 1.807) is 12.1 Å². The van der Waals surface area contributed by atoms with Crippen LogP contribution in [0.1, 0.15) is 45.0 Å². The number of Topliss-reactive ketones (excluding diaryl/α,β-unsaturated/α-hetero) is 1. The van der Waals surface area contributed by atoms with E-state index in [9.17, 15) is 9.18 Å². The van der Waals surface area contributed by atoms with Gasteiger partial charge in [0.1, 0.15) is 5.82 Å². The smallest absolute Gasteiger partial charge is 0.399 e. The first kappa shape index (κ1) is 14.2. The van der Waals surface area contributed by atoms with Crippen LogP contribution in [-0.4, -0.2) is 24.1 Å². The Hall–Kier alpha value is -1.20. The van der Waals surface area contributed by atoms with Gasteiger partial charge in [-0.25, -0.2) is 4.39 Å². The van der Waals surface area contributed by atoms with Crippen molar-refractivity contribution in [2.24, 2.45) is 0 Å². The van der Waals surface area contributed by atoms with Crippen LogP contribution in [0.3, 0.4) is 0 Å². The molecule has 2 rings (SSSR count). The minimum Gasteiger partial charge on any atom is -0.399 e. The SMILES string of the molecule is CC(=O)c1cccc(B2OC(C)(C)C(C)(C)O2)c1F. The summed E-state index contributed by atoms with van der Waals surface area (Å²) in [4.78, 5) is 11.4. The van der Waals surface area contributed by atoms with Gasteiger partial charge in [-0.05, 0) is 40.7 Å². The van der Waals surface area contributed by atoms with Crippen LogP contribution in [0.2, 0.25) is 0 Å². The lowest BCUT2D eigenvalue weighted by Gasteiger charge is -2.32. The summed E-state index contributed by atoms with van der Waals surface area (Å²) in [6.07, 6.45) is 0. The van der Waals surface area contributed by atoms with E-state index >= 15 is 0 Å². The van der Waals surface area contributed by atoms with E-state index in [-0.39, 0.29) is 16.8 Å². The normalized spacial score (nSPS) is 20.6. The quantitative estimate of drug-likeness (QED) is 0.607. The first-order valence-corrected chi connectivity index (χ1v) is 6.31. The van der Waals surface area contributed by atoms with Crippen LogP contribution < -0.4 is 5.46 Å². The molecule has 1 heterocycles. The van der Waals surface area contributed by atoms with E-state index in [4.69, 9.17) is 9.31 Å². The number of ketones is 1. The number of halogens is 1. The van der Waals surface area contributed by atoms with Crippen LogP contribution in [0, 0.1) is 5.82 Å². The van der Waals surface area contributed by atoms with Crippen LogP contribution in [0.4, 0.5) is 4.39 Å². The fourth-order valence-corrected chi connectivity index (χ4v) is 1.97. The molecule has 0 bridgehead atoms. The van der Waals surface area contributed by atoms with Crippen LogP contribution in [0.15, 0.2) is 18.2 Å². The van der Waals surface area contributed by atoms with Gasteiger partial charge >= 0.3 is 7.12 Å². The van der Waals surface area contributed by atoms with Crippen molar-refractivity contribution in [2.45, 2.75) is 45.8 Å². The Labute approximate surface area is 113 Å². The molecule has 1 saturated heterocycles. The molecule has 0 aromatic heterocycles. The molecule has 1 aliphatic rings. The minimum atomic E-state index is -0.788. The van der Waals surface area contributed by atoms with E-state index in [2.05, 4.69) is 0 Å². The molecule has 19 heavy (non-hydrogen) atoms. The monoisotopic (exact) mass is 264 g/mol. The summed E-state index contributed by atoms with van der Waals surface area (Å²) in [5, 5.41) is 0. The van der Waals surface area contributed by atoms with Gasteiger partial charge in [0.2, 0.25) is 0 Å². The molecular formula is C14H18BFO3. The summed E-state index contributed by atoms with van der Waals surface area (Å²) in [5.74, 6) is -0.871. The molecule has 1 aliphatic heterocycles. The third-order valence-electron chi connectivity index (χ3n) is 3.92. The number of hydrogen-bond donors (Lipinski definition) is 0. The highest BCUT2D eigenvalue weighted by atomic mass is 19.1. The predicted molar refractivity (Wildman–Crippen MR) is 72.1 cm³/mol. The maximum absolute atomic E-state index is 14.3. The average molecular weight is 264 g/mol. The number of benzene rings is 1. The zero-order chi connectivity index (χ0) is 14.4. The molecular weight excluding hydrogens is 246 g/mol. The Balaban J connectivity index is 2.40. The lowest BCUT2D eigenvalue weighted by Crippen LogP contribution is -2.41. The molecule has 1 aromatic rings. The third-order valence-corrected chi connectivity index (χ3v) is 3.92. The maximum Gasteiger partial charge on any atom is 0.497 e. The molecule has 5 heteroatoms. The van der Waals surface area contributed by atoms with Crippen LogP contribution >= 0.6 is 0 Å². The number of hydrogen-bond acceptors (Lipinski definition) is 3. The number of carbonyl (C=O) groups excluding carboxylic acids is 1. The van der Waals surface area contributed by atoms with E-state index < -0.39 is 24.1 Å². The summed E-state index contributed by atoms with van der Waals surface area (Å²) in [7, 11) is -0.788. The standard InChI is InChI=1S/C14H18BFO3/c1-9(17)10-7-6-8-11(12(10)16)15-18-13(2,3)14(4,5)19-15/h6-8H,1-5H3. The van der Waals surface area contributed by atoms with Gasteiger partial charge in [-0.2, -0.15) is 0 Å². The molecule has 0 amide bonds. The zero-order valence-corrected chi connectivity index (χ0v) is 11.9. The molecule has 0 saturated carbocycles. The van der Waals surface area contributed by atoms with Crippen molar-refractivity contribution in [2.75, 3.05) is 0 Å². The van der Waals surface area contributed by atoms with Gasteiger partial charge in [0.05, 0.1) is 16.8 Å². The second-order valence-electron chi connectivity index (χ2n) is 5.85. The fourth-order valence-electron chi connectivity index (χ4n) is 1.97. The number of rotatable bonds is 2. The van der Waals surface area contributed by atoms with Gasteiger partial charge in [0, 0.05) is 5.46 Å². The van der Waals surface area contributed by atoms with Gasteiger partial charge in [-0.3, -0.25) is 4.79 Å². The molecule has 1 fully saturated rings. The van der Waals surface area contributed by atoms with Crippen molar-refractivity contribution in [3.05, 3.63) is 29.6 Å². The van der Waals surface area contributed by atoms with E-state index in [1.165, 1.54) is 13.0 Å². The molecule has 0 unspecified atom stereocenters. The van der Waals surface area contributed by atoms with E-state index in [0.717, 1.165) is 0 Å². The molecule has 0 spiro atoms. The lowest BCUT2D eigenvalue weighted by atomic mass is 9.77. The zero-order valence-electron chi connectivity index (χ0n) is 11.9. The average Bonchev–Trinajstić information content (AvgIpc) is 2.47. The summed E-state index contributed by atoms with van der Waals surface area (Å²) >= 11 is 0. The highest BCUT2D eigenvalue weighted by Gasteiger charge is 2.52. The summed E-state index contributed by atoms with van der Waals surface area (Å²) < 4.78 is 25.9. The molecule has 3 nitrogen and oxygen atoms in total. The first-order chi connectivity index (χ1) is 8.66. The topological polar surface area (TPSA) is 35.5 Å². The van der Waals surface area contributed by atoms with E-state index in [0.29, 0.717) is 0 Å². The summed E-state index contributed by atoms with van der Waals surface area (Å²) in [6.45, 7) is 8.95. The van der Waals surface area contributed by atoms with Gasteiger partial charge in [-0.15, -0.1) is 0 Å². The summed E-state index contributed by atoms with van der Waals surface area (Å²) in [5.41, 5.74) is -0.731. The first-order valence-electron chi connectivity index (χ1n) is 6.31. The van der Waals surface area contributed by atoms with Crippen molar-refractivity contribution in [1.29, 1.82) is 0 Å². The lowest BCUT2D eigenvalue weighted by molar-refractivity contribution is 0.00578. The van der Waals surface area contributed by atoms with Gasteiger partial charge < -0.3 is 9.31 Å². The van der Waals surface area contributed by atoms with Crippen LogP contribution in [-0.2, 0) is 9.31 Å². The van der Waals surface area contributed by atoms with Crippen molar-refractivity contribution in [3.63, 3.8) is 0 Å². The van der Waals surface area contributed by atoms with E-state index in [1.807, 2.05) is 27.7 Å². The molecule has 0 atom stereocenters. The molecule has 0 N–H and O–H groups in total. The Kier molecular flexibility index (Phi) is 3.31. The van der Waals surface area contributed by atoms with Gasteiger partial charge in [0.25, 0.3) is 0 Å². The Bertz CT molecular complexity index is 509. The Morgan fingerprint density at radius 1 is 1.16 bits per heavy atom. The van der Waals surface area contributed by atoms with Crippen molar-refractivity contribution < 1.29 is 18.5 Å². The highest BCUT2D eigenvalue weighted by Crippen LogP contribution is 2.36. The van der Waals surface area contributed by atoms with Crippen LogP contribution in [0.5, 0.6) is 0 Å². The number of carbonyl (C=O) groups is 1. The molecule has 0 radical (unpaired) electrons. The Morgan fingerprint density at radius 3 is 2.16 bits per heavy atom. The maximum atomic E-state index is 14.3. The van der Waals surface area contributed by atoms with Crippen molar-refractivity contribution in [1.82, 2.24) is 0 Å². The van der Waals surface area contributed by atoms with Gasteiger partial charge in [0.15, 0.2) is 5.78 Å². The van der Waals surface area contributed by atoms with Crippen LogP contribution in [0.25, 0.3) is 0 Å². The largest absolute Gasteiger partial charge is 0.497 e. The van der Waals surface area contributed by atoms with Gasteiger partial charge in [-0.1, -0.05) is 12.1 Å². The van der Waals surface area contributed by atoms with Crippen molar-refractivity contribution in [3.8, 4) is 0 Å².